The molecule has 36 heavy (non-hydrogen) atoms. The highest BCUT2D eigenvalue weighted by molar-refractivity contribution is 7.13. The minimum absolute atomic E-state index is 0.146. The average Bonchev–Trinajstić information content (AvgIpc) is 3.13. The van der Waals surface area contributed by atoms with Crippen LogP contribution in [0.1, 0.15) is 66.1 Å². The Morgan fingerprint density at radius 2 is 1.61 bits per heavy atom. The monoisotopic (exact) mass is 519 g/mol. The lowest BCUT2D eigenvalue weighted by atomic mass is 9.82. The zero-order valence-electron chi connectivity index (χ0n) is 21.9. The number of benzene rings is 1. The number of carbonyl (C=O) groups is 3. The van der Waals surface area contributed by atoms with Gasteiger partial charge in [0.1, 0.15) is 0 Å². The molecule has 0 saturated heterocycles. The molecule has 1 heterocycles. The third kappa shape index (κ3) is 7.33. The van der Waals surface area contributed by atoms with Gasteiger partial charge in [-0.3, -0.25) is 15.0 Å². The highest BCUT2D eigenvalue weighted by Crippen LogP contribution is 2.39. The minimum Gasteiger partial charge on any atom is -0.465 e. The molecule has 0 spiro atoms. The van der Waals surface area contributed by atoms with Gasteiger partial charge in [-0.15, -0.1) is 11.3 Å². The largest absolute Gasteiger partial charge is 0.465 e. The van der Waals surface area contributed by atoms with E-state index in [-0.39, 0.29) is 5.91 Å². The lowest BCUT2D eigenvalue weighted by Crippen LogP contribution is -2.76. The molecule has 2 aromatic rings. The Bertz CT molecular complexity index is 1070. The van der Waals surface area contributed by atoms with Gasteiger partial charge in [0.25, 0.3) is 0 Å². The molecule has 198 valence electrons. The molecule has 0 saturated carbocycles. The van der Waals surface area contributed by atoms with Crippen molar-refractivity contribution in [2.75, 3.05) is 10.6 Å². The summed E-state index contributed by atoms with van der Waals surface area (Å²) >= 11 is 1.40. The highest BCUT2D eigenvalue weighted by atomic mass is 32.1. The topological polar surface area (TPSA) is 144 Å². The summed E-state index contributed by atoms with van der Waals surface area (Å²) in [5.74, 6) is -1.80. The van der Waals surface area contributed by atoms with Crippen LogP contribution in [0.15, 0.2) is 29.6 Å². The van der Waals surface area contributed by atoms with E-state index in [1.165, 1.54) is 18.3 Å². The summed E-state index contributed by atoms with van der Waals surface area (Å²) < 4.78 is 0. The van der Waals surface area contributed by atoms with Gasteiger partial charge in [-0.1, -0.05) is 32.9 Å². The van der Waals surface area contributed by atoms with E-state index >= 15 is 0 Å². The lowest BCUT2D eigenvalue weighted by Gasteiger charge is -2.55. The van der Waals surface area contributed by atoms with Crippen LogP contribution >= 0.6 is 11.3 Å². The van der Waals surface area contributed by atoms with Crippen LogP contribution in [0.4, 0.5) is 20.4 Å². The van der Waals surface area contributed by atoms with Gasteiger partial charge in [0, 0.05) is 28.9 Å². The van der Waals surface area contributed by atoms with Gasteiger partial charge in [0.2, 0.25) is 11.7 Å². The molecule has 0 aliphatic carbocycles. The summed E-state index contributed by atoms with van der Waals surface area (Å²) in [5.41, 5.74) is 0.810. The number of rotatable bonds is 9. The van der Waals surface area contributed by atoms with E-state index in [0.29, 0.717) is 10.8 Å². The van der Waals surface area contributed by atoms with Crippen LogP contribution in [0.3, 0.4) is 0 Å². The van der Waals surface area contributed by atoms with Gasteiger partial charge in [-0.25, -0.2) is 14.6 Å². The van der Waals surface area contributed by atoms with E-state index in [1.807, 2.05) is 29.6 Å². The zero-order chi connectivity index (χ0) is 27.3. The van der Waals surface area contributed by atoms with Crippen LogP contribution in [-0.4, -0.2) is 49.5 Å². The van der Waals surface area contributed by atoms with E-state index < -0.39 is 28.9 Å². The zero-order valence-corrected chi connectivity index (χ0v) is 22.7. The Kier molecular flexibility index (Phi) is 8.95. The number of aromatic nitrogens is 1. The van der Waals surface area contributed by atoms with Crippen LogP contribution in [0.2, 0.25) is 0 Å². The Hall–Kier alpha value is -3.34. The fourth-order valence-electron chi connectivity index (χ4n) is 4.01. The smallest absolute Gasteiger partial charge is 0.411 e. The molecule has 0 radical (unpaired) electrons. The number of anilines is 2. The van der Waals surface area contributed by atoms with Gasteiger partial charge in [-0.2, -0.15) is 0 Å². The summed E-state index contributed by atoms with van der Waals surface area (Å²) in [4.78, 5) is 40.9. The molecule has 0 fully saturated rings. The third-order valence-corrected chi connectivity index (χ3v) is 6.39. The molecule has 10 nitrogen and oxygen atoms in total. The first kappa shape index (κ1) is 28.9. The number of thiazole rings is 1. The molecule has 5 N–H and O–H groups in total. The molecule has 1 atom stereocenters. The number of aryl methyl sites for hydroxylation is 2. The Labute approximate surface area is 216 Å². The fourth-order valence-corrected chi connectivity index (χ4v) is 4.80. The standard InChI is InChI=1S/C25H37N5O5S/c1-16(31)26-20-27-19(15-36-20)10-8-9-17-11-13-18(14-12-17)28-25(23(2,3)4,29-21(32)33)30(22(34)35)24(5,6)7/h11-15,28-29H,8-10H2,1-7H3,(H,32,33)(H,34,35)(H,26,27,31). The maximum atomic E-state index is 12.4. The molecule has 1 aromatic heterocycles. The van der Waals surface area contributed by atoms with Crippen molar-refractivity contribution < 1.29 is 24.6 Å². The molecule has 3 amide bonds. The summed E-state index contributed by atoms with van der Waals surface area (Å²) in [5, 5.41) is 30.6. The predicted octanol–water partition coefficient (Wildman–Crippen LogP) is 5.43. The number of nitrogens with zero attached hydrogens (tertiary/aromatic N) is 2. The van der Waals surface area contributed by atoms with Gasteiger partial charge in [0.15, 0.2) is 5.13 Å². The van der Waals surface area contributed by atoms with Crippen molar-refractivity contribution in [3.63, 3.8) is 0 Å². The molecular formula is C25H37N5O5S. The normalized spacial score (nSPS) is 13.4. The van der Waals surface area contributed by atoms with Crippen molar-refractivity contribution in [2.45, 2.75) is 79.1 Å². The van der Waals surface area contributed by atoms with E-state index in [9.17, 15) is 24.6 Å². The van der Waals surface area contributed by atoms with Gasteiger partial charge < -0.3 is 20.8 Å². The maximum Gasteiger partial charge on any atom is 0.411 e. The Morgan fingerprint density at radius 3 is 2.08 bits per heavy atom. The molecule has 2 rings (SSSR count). The maximum absolute atomic E-state index is 12.4. The van der Waals surface area contributed by atoms with Crippen molar-refractivity contribution in [3.8, 4) is 0 Å². The van der Waals surface area contributed by atoms with Crippen molar-refractivity contribution in [3.05, 3.63) is 40.9 Å². The van der Waals surface area contributed by atoms with E-state index in [1.54, 1.807) is 41.5 Å². The summed E-state index contributed by atoms with van der Waals surface area (Å²) in [7, 11) is 0. The second kappa shape index (κ2) is 11.2. The van der Waals surface area contributed by atoms with Crippen LogP contribution in [0, 0.1) is 5.41 Å². The summed E-state index contributed by atoms with van der Waals surface area (Å²) in [6.07, 6.45) is -0.161. The molecule has 11 heteroatoms. The van der Waals surface area contributed by atoms with Gasteiger partial charge in [0.05, 0.1) is 5.69 Å². The van der Waals surface area contributed by atoms with Crippen LogP contribution in [0.25, 0.3) is 0 Å². The van der Waals surface area contributed by atoms with Crippen molar-refractivity contribution >= 4 is 40.2 Å². The lowest BCUT2D eigenvalue weighted by molar-refractivity contribution is -0.114. The number of hydrogen-bond donors (Lipinski definition) is 5. The summed E-state index contributed by atoms with van der Waals surface area (Å²) in [6, 6.07) is 7.50. The van der Waals surface area contributed by atoms with E-state index in [0.717, 1.165) is 35.4 Å². The van der Waals surface area contributed by atoms with Crippen molar-refractivity contribution in [1.82, 2.24) is 15.2 Å². The number of carbonyl (C=O) groups excluding carboxylic acids is 1. The SMILES string of the molecule is CC(=O)Nc1nc(CCCc2ccc(NC(NC(=O)O)(N(C(=O)O)C(C)(C)C)C(C)(C)C)cc2)cs1. The number of nitrogens with one attached hydrogen (secondary N) is 3. The first-order valence-electron chi connectivity index (χ1n) is 11.7. The molecule has 0 aliphatic rings. The molecule has 1 unspecified atom stereocenters. The van der Waals surface area contributed by atoms with Crippen LogP contribution < -0.4 is 16.0 Å². The van der Waals surface area contributed by atoms with Gasteiger partial charge >= 0.3 is 12.2 Å². The average molecular weight is 520 g/mol. The Morgan fingerprint density at radius 1 is 1.00 bits per heavy atom. The molecule has 1 aromatic carbocycles. The minimum atomic E-state index is -1.65. The van der Waals surface area contributed by atoms with E-state index in [2.05, 4.69) is 20.9 Å². The quantitative estimate of drug-likeness (QED) is 0.278. The van der Waals surface area contributed by atoms with Gasteiger partial charge in [-0.05, 0) is 57.7 Å². The highest BCUT2D eigenvalue weighted by Gasteiger charge is 2.54. The number of carboxylic acid groups (broad SMARTS) is 2. The second-order valence-electron chi connectivity index (χ2n) is 10.7. The van der Waals surface area contributed by atoms with Crippen LogP contribution in [-0.2, 0) is 17.6 Å². The predicted molar refractivity (Wildman–Crippen MR) is 141 cm³/mol. The third-order valence-electron chi connectivity index (χ3n) is 5.58. The first-order valence-corrected chi connectivity index (χ1v) is 12.6. The summed E-state index contributed by atoms with van der Waals surface area (Å²) in [6.45, 7) is 11.9. The second-order valence-corrected chi connectivity index (χ2v) is 11.5. The van der Waals surface area contributed by atoms with Crippen molar-refractivity contribution in [1.29, 1.82) is 0 Å². The van der Waals surface area contributed by atoms with Crippen molar-refractivity contribution in [2.24, 2.45) is 5.41 Å². The first-order chi connectivity index (χ1) is 16.5. The van der Waals surface area contributed by atoms with E-state index in [4.69, 9.17) is 0 Å². The van der Waals surface area contributed by atoms with Crippen LogP contribution in [0.5, 0.6) is 0 Å². The number of hydrogen-bond acceptors (Lipinski definition) is 6. The molecule has 0 aliphatic heterocycles. The Balaban J connectivity index is 2.21. The number of amides is 3. The molecular weight excluding hydrogens is 482 g/mol. The fraction of sp³-hybridized carbons (Fsp3) is 0.520. The molecule has 0 bridgehead atoms.